The SMILES string of the molecule is ClC(CN1CC[N+]2(CCCC2)CC1)CN1CC[N+]2(CCCC2)CC1. The Kier molecular flexibility index (Phi) is 5.41. The van der Waals surface area contributed by atoms with Gasteiger partial charge in [-0.1, -0.05) is 0 Å². The molecular weight excluding hydrogens is 320 g/mol. The zero-order valence-electron chi connectivity index (χ0n) is 15.5. The lowest BCUT2D eigenvalue weighted by Gasteiger charge is -2.44. The van der Waals surface area contributed by atoms with E-state index >= 15 is 0 Å². The number of nitrogens with zero attached hydrogens (tertiary/aromatic N) is 4. The monoisotopic (exact) mass is 356 g/mol. The molecule has 0 bridgehead atoms. The molecule has 0 saturated carbocycles. The van der Waals surface area contributed by atoms with E-state index in [0.717, 1.165) is 13.1 Å². The van der Waals surface area contributed by atoms with Gasteiger partial charge in [0.05, 0.1) is 57.7 Å². The molecule has 0 amide bonds. The van der Waals surface area contributed by atoms with Gasteiger partial charge in [-0.3, -0.25) is 9.80 Å². The quantitative estimate of drug-likeness (QED) is 0.555. The average Bonchev–Trinajstić information content (AvgIpc) is 3.23. The van der Waals surface area contributed by atoms with Gasteiger partial charge in [-0.05, 0) is 0 Å². The van der Waals surface area contributed by atoms with Gasteiger partial charge in [0.2, 0.25) is 0 Å². The summed E-state index contributed by atoms with van der Waals surface area (Å²) in [6.07, 6.45) is 5.81. The van der Waals surface area contributed by atoms with Crippen molar-refractivity contribution in [2.75, 3.05) is 91.6 Å². The van der Waals surface area contributed by atoms with Gasteiger partial charge in [0.15, 0.2) is 0 Å². The van der Waals surface area contributed by atoms with Crippen LogP contribution < -0.4 is 0 Å². The fourth-order valence-electron chi connectivity index (χ4n) is 5.75. The van der Waals surface area contributed by atoms with Crippen LogP contribution >= 0.6 is 11.6 Å². The van der Waals surface area contributed by atoms with Crippen LogP contribution in [0, 0.1) is 0 Å². The highest BCUT2D eigenvalue weighted by molar-refractivity contribution is 6.21. The molecule has 4 fully saturated rings. The van der Waals surface area contributed by atoms with Crippen LogP contribution in [0.3, 0.4) is 0 Å². The molecule has 0 atom stereocenters. The van der Waals surface area contributed by atoms with Gasteiger partial charge in [0.25, 0.3) is 0 Å². The Morgan fingerprint density at radius 3 is 1.25 bits per heavy atom. The minimum atomic E-state index is 0.306. The van der Waals surface area contributed by atoms with Crippen molar-refractivity contribution < 1.29 is 8.97 Å². The van der Waals surface area contributed by atoms with E-state index in [-0.39, 0.29) is 0 Å². The summed E-state index contributed by atoms with van der Waals surface area (Å²) in [4.78, 5) is 5.27. The Balaban J connectivity index is 1.17. The van der Waals surface area contributed by atoms with E-state index in [1.54, 1.807) is 0 Å². The largest absolute Gasteiger partial charge is 0.321 e. The minimum absolute atomic E-state index is 0.306. The van der Waals surface area contributed by atoms with E-state index in [1.807, 2.05) is 0 Å². The highest BCUT2D eigenvalue weighted by atomic mass is 35.5. The maximum atomic E-state index is 6.76. The van der Waals surface area contributed by atoms with Crippen LogP contribution in [0.2, 0.25) is 0 Å². The van der Waals surface area contributed by atoms with Crippen LogP contribution in [0.4, 0.5) is 0 Å². The molecule has 0 aromatic carbocycles. The lowest BCUT2D eigenvalue weighted by Crippen LogP contribution is -2.60. The summed E-state index contributed by atoms with van der Waals surface area (Å²) in [5.41, 5.74) is 0. The van der Waals surface area contributed by atoms with Crippen molar-refractivity contribution in [3.8, 4) is 0 Å². The number of halogens is 1. The number of hydrogen-bond donors (Lipinski definition) is 0. The van der Waals surface area contributed by atoms with Crippen LogP contribution in [0.25, 0.3) is 0 Å². The molecule has 2 spiro atoms. The molecule has 4 nitrogen and oxygen atoms in total. The molecule has 0 N–H and O–H groups in total. The number of alkyl halides is 1. The lowest BCUT2D eigenvalue weighted by atomic mass is 10.2. The van der Waals surface area contributed by atoms with Gasteiger partial charge in [-0.15, -0.1) is 11.6 Å². The second kappa shape index (κ2) is 7.40. The maximum absolute atomic E-state index is 6.76. The first-order chi connectivity index (χ1) is 11.7. The summed E-state index contributed by atoms with van der Waals surface area (Å²) in [6, 6.07) is 0. The highest BCUT2D eigenvalue weighted by Crippen LogP contribution is 2.24. The molecule has 4 saturated heterocycles. The maximum Gasteiger partial charge on any atom is 0.0916 e. The Morgan fingerprint density at radius 1 is 0.583 bits per heavy atom. The predicted octanol–water partition coefficient (Wildman–Crippen LogP) is 1.45. The van der Waals surface area contributed by atoms with Gasteiger partial charge in [-0.25, -0.2) is 0 Å². The average molecular weight is 357 g/mol. The second-order valence-corrected chi connectivity index (χ2v) is 9.70. The summed E-state index contributed by atoms with van der Waals surface area (Å²) in [6.45, 7) is 18.5. The molecule has 0 aromatic heterocycles. The zero-order valence-corrected chi connectivity index (χ0v) is 16.2. The standard InChI is InChI=1S/C19H37ClN4/c20-19(17-21-5-13-23(14-6-21)9-1-2-10-23)18-22-7-15-24(16-8-22)11-3-4-12-24/h19H,1-18H2/q+2. The van der Waals surface area contributed by atoms with Gasteiger partial charge in [-0.2, -0.15) is 0 Å². The first kappa shape index (κ1) is 17.5. The van der Waals surface area contributed by atoms with E-state index in [4.69, 9.17) is 11.6 Å². The van der Waals surface area contributed by atoms with Gasteiger partial charge in [0, 0.05) is 65.0 Å². The van der Waals surface area contributed by atoms with Crippen molar-refractivity contribution >= 4 is 11.6 Å². The van der Waals surface area contributed by atoms with Crippen LogP contribution in [0.15, 0.2) is 0 Å². The predicted molar refractivity (Wildman–Crippen MR) is 100 cm³/mol. The van der Waals surface area contributed by atoms with E-state index in [1.165, 1.54) is 113 Å². The Bertz CT molecular complexity index is 360. The van der Waals surface area contributed by atoms with Crippen molar-refractivity contribution in [2.45, 2.75) is 31.1 Å². The van der Waals surface area contributed by atoms with Crippen molar-refractivity contribution in [2.24, 2.45) is 0 Å². The number of hydrogen-bond acceptors (Lipinski definition) is 2. The fourth-order valence-corrected chi connectivity index (χ4v) is 6.14. The van der Waals surface area contributed by atoms with Gasteiger partial charge >= 0.3 is 0 Å². The molecule has 4 aliphatic rings. The van der Waals surface area contributed by atoms with Crippen LogP contribution in [-0.4, -0.2) is 116 Å². The van der Waals surface area contributed by atoms with Crippen molar-refractivity contribution in [1.82, 2.24) is 9.80 Å². The van der Waals surface area contributed by atoms with Crippen molar-refractivity contribution in [1.29, 1.82) is 0 Å². The zero-order chi connectivity index (χ0) is 16.5. The molecule has 138 valence electrons. The number of piperazine rings is 2. The molecule has 4 rings (SSSR count). The van der Waals surface area contributed by atoms with E-state index in [0.29, 0.717) is 5.38 Å². The summed E-state index contributed by atoms with van der Waals surface area (Å²) in [5, 5.41) is 0.306. The number of rotatable bonds is 4. The topological polar surface area (TPSA) is 6.48 Å². The van der Waals surface area contributed by atoms with E-state index < -0.39 is 0 Å². The highest BCUT2D eigenvalue weighted by Gasteiger charge is 2.37. The molecule has 0 unspecified atom stereocenters. The third-order valence-corrected chi connectivity index (χ3v) is 7.78. The molecule has 0 radical (unpaired) electrons. The van der Waals surface area contributed by atoms with Crippen LogP contribution in [0.5, 0.6) is 0 Å². The second-order valence-electron chi connectivity index (χ2n) is 9.08. The molecular formula is C19H37ClN4+2. The normalized spacial score (nSPS) is 30.8. The van der Waals surface area contributed by atoms with Gasteiger partial charge in [0.1, 0.15) is 0 Å². The Morgan fingerprint density at radius 2 is 0.917 bits per heavy atom. The Hall–Kier alpha value is 0.130. The first-order valence-electron chi connectivity index (χ1n) is 10.5. The summed E-state index contributed by atoms with van der Waals surface area (Å²) in [5.74, 6) is 0. The van der Waals surface area contributed by atoms with Crippen molar-refractivity contribution in [3.63, 3.8) is 0 Å². The molecule has 24 heavy (non-hydrogen) atoms. The summed E-state index contributed by atoms with van der Waals surface area (Å²) >= 11 is 6.76. The van der Waals surface area contributed by atoms with Gasteiger partial charge < -0.3 is 8.97 Å². The first-order valence-corrected chi connectivity index (χ1v) is 10.9. The Labute approximate surface area is 153 Å². The molecule has 5 heteroatoms. The van der Waals surface area contributed by atoms with E-state index in [2.05, 4.69) is 9.80 Å². The lowest BCUT2D eigenvalue weighted by molar-refractivity contribution is -0.920. The fraction of sp³-hybridized carbons (Fsp3) is 1.00. The number of quaternary nitrogens is 2. The summed E-state index contributed by atoms with van der Waals surface area (Å²) < 4.78 is 2.82. The van der Waals surface area contributed by atoms with Crippen LogP contribution in [0.1, 0.15) is 25.7 Å². The third-order valence-electron chi connectivity index (χ3n) is 7.50. The molecule has 4 heterocycles. The van der Waals surface area contributed by atoms with E-state index in [9.17, 15) is 0 Å². The van der Waals surface area contributed by atoms with Crippen molar-refractivity contribution in [3.05, 3.63) is 0 Å². The smallest absolute Gasteiger partial charge is 0.0916 e. The van der Waals surface area contributed by atoms with Crippen LogP contribution in [-0.2, 0) is 0 Å². The third kappa shape index (κ3) is 3.93. The molecule has 4 aliphatic heterocycles. The molecule has 0 aliphatic carbocycles. The molecule has 0 aromatic rings. The summed E-state index contributed by atoms with van der Waals surface area (Å²) in [7, 11) is 0. The minimum Gasteiger partial charge on any atom is -0.321 e.